The Bertz CT molecular complexity index is 548. The van der Waals surface area contributed by atoms with Crippen molar-refractivity contribution in [2.45, 2.75) is 19.9 Å². The molecular weight excluding hydrogens is 248 g/mol. The Balaban J connectivity index is 2.36. The van der Waals surface area contributed by atoms with Crippen LogP contribution in [-0.4, -0.2) is 34.5 Å². The molecule has 0 bridgehead atoms. The Hall–Kier alpha value is -2.37. The van der Waals surface area contributed by atoms with Gasteiger partial charge >= 0.3 is 12.0 Å². The first-order valence-corrected chi connectivity index (χ1v) is 5.81. The number of carboxylic acid groups (broad SMARTS) is 1. The third-order valence-corrected chi connectivity index (χ3v) is 3.15. The molecule has 2 N–H and O–H groups in total. The molecule has 1 aromatic rings. The summed E-state index contributed by atoms with van der Waals surface area (Å²) < 4.78 is 0. The number of rotatable bonds is 3. The lowest BCUT2D eigenvalue weighted by molar-refractivity contribution is -0.141. The minimum Gasteiger partial charge on any atom is -0.480 e. The number of imide groups is 1. The van der Waals surface area contributed by atoms with E-state index in [1.54, 1.807) is 0 Å². The molecule has 1 fully saturated rings. The second-order valence-corrected chi connectivity index (χ2v) is 4.51. The molecule has 100 valence electrons. The van der Waals surface area contributed by atoms with Gasteiger partial charge in [-0.05, 0) is 30.5 Å². The van der Waals surface area contributed by atoms with Gasteiger partial charge in [-0.2, -0.15) is 0 Å². The van der Waals surface area contributed by atoms with Crippen LogP contribution in [0.4, 0.5) is 4.79 Å². The largest absolute Gasteiger partial charge is 0.480 e. The summed E-state index contributed by atoms with van der Waals surface area (Å²) in [6.45, 7) is 3.08. The summed E-state index contributed by atoms with van der Waals surface area (Å²) >= 11 is 0. The predicted octanol–water partition coefficient (Wildman–Crippen LogP) is 0.981. The van der Waals surface area contributed by atoms with E-state index in [0.717, 1.165) is 21.6 Å². The SMILES string of the molecule is Cc1cccc(C)c1[C@@H]1NC(=O)N(CC(=O)O)C1=O. The van der Waals surface area contributed by atoms with Gasteiger partial charge in [-0.1, -0.05) is 18.2 Å². The number of benzene rings is 1. The van der Waals surface area contributed by atoms with Crippen LogP contribution in [0.25, 0.3) is 0 Å². The standard InChI is InChI=1S/C13H14N2O4/c1-7-4-3-5-8(2)10(7)11-12(18)15(6-9(16)17)13(19)14-11/h3-5,11H,6H2,1-2H3,(H,14,19)(H,16,17)/t11-/m0/s1. The first-order valence-electron chi connectivity index (χ1n) is 5.81. The van der Waals surface area contributed by atoms with Crippen LogP contribution in [0.1, 0.15) is 22.7 Å². The maximum Gasteiger partial charge on any atom is 0.325 e. The highest BCUT2D eigenvalue weighted by molar-refractivity contribution is 6.06. The Morgan fingerprint density at radius 1 is 1.32 bits per heavy atom. The van der Waals surface area contributed by atoms with Crippen molar-refractivity contribution < 1.29 is 19.5 Å². The summed E-state index contributed by atoms with van der Waals surface area (Å²) in [5.41, 5.74) is 2.50. The number of aliphatic carboxylic acids is 1. The van der Waals surface area contributed by atoms with E-state index in [1.807, 2.05) is 32.0 Å². The van der Waals surface area contributed by atoms with Crippen LogP contribution in [0.15, 0.2) is 18.2 Å². The van der Waals surface area contributed by atoms with Crippen molar-refractivity contribution in [2.75, 3.05) is 6.54 Å². The summed E-state index contributed by atoms with van der Waals surface area (Å²) in [7, 11) is 0. The van der Waals surface area contributed by atoms with Gasteiger partial charge in [0.05, 0.1) is 0 Å². The minimum atomic E-state index is -1.22. The Kier molecular flexibility index (Phi) is 3.25. The minimum absolute atomic E-state index is 0.523. The third kappa shape index (κ3) is 2.29. The number of carbonyl (C=O) groups excluding carboxylic acids is 2. The highest BCUT2D eigenvalue weighted by Gasteiger charge is 2.40. The molecule has 1 heterocycles. The van der Waals surface area contributed by atoms with Crippen LogP contribution in [0.2, 0.25) is 0 Å². The van der Waals surface area contributed by atoms with Crippen LogP contribution in [0.5, 0.6) is 0 Å². The fourth-order valence-corrected chi connectivity index (χ4v) is 2.28. The summed E-state index contributed by atoms with van der Waals surface area (Å²) in [5, 5.41) is 11.2. The van der Waals surface area contributed by atoms with E-state index in [1.165, 1.54) is 0 Å². The lowest BCUT2D eigenvalue weighted by Gasteiger charge is -2.15. The molecule has 1 aromatic carbocycles. The van der Waals surface area contributed by atoms with Gasteiger partial charge in [0.25, 0.3) is 5.91 Å². The number of carbonyl (C=O) groups is 3. The Morgan fingerprint density at radius 3 is 2.42 bits per heavy atom. The molecular formula is C13H14N2O4. The molecule has 6 heteroatoms. The number of aryl methyl sites for hydroxylation is 2. The number of nitrogens with zero attached hydrogens (tertiary/aromatic N) is 1. The normalized spacial score (nSPS) is 18.6. The van der Waals surface area contributed by atoms with Gasteiger partial charge in [-0.15, -0.1) is 0 Å². The van der Waals surface area contributed by atoms with Crippen molar-refractivity contribution in [1.29, 1.82) is 0 Å². The van der Waals surface area contributed by atoms with Crippen molar-refractivity contribution in [2.24, 2.45) is 0 Å². The van der Waals surface area contributed by atoms with E-state index < -0.39 is 30.5 Å². The van der Waals surface area contributed by atoms with Gasteiger partial charge in [0.15, 0.2) is 0 Å². The molecule has 6 nitrogen and oxygen atoms in total. The average molecular weight is 262 g/mol. The topological polar surface area (TPSA) is 86.7 Å². The second kappa shape index (κ2) is 4.72. The van der Waals surface area contributed by atoms with Gasteiger partial charge in [0, 0.05) is 0 Å². The van der Waals surface area contributed by atoms with Crippen molar-refractivity contribution in [3.05, 3.63) is 34.9 Å². The fourth-order valence-electron chi connectivity index (χ4n) is 2.28. The van der Waals surface area contributed by atoms with Gasteiger partial charge in [0.1, 0.15) is 12.6 Å². The monoisotopic (exact) mass is 262 g/mol. The first-order chi connectivity index (χ1) is 8.91. The van der Waals surface area contributed by atoms with Crippen LogP contribution < -0.4 is 5.32 Å². The molecule has 0 aliphatic carbocycles. The van der Waals surface area contributed by atoms with Crippen molar-refractivity contribution in [3.63, 3.8) is 0 Å². The van der Waals surface area contributed by atoms with Crippen LogP contribution in [-0.2, 0) is 9.59 Å². The van der Waals surface area contributed by atoms with Crippen molar-refractivity contribution >= 4 is 17.9 Å². The summed E-state index contributed by atoms with van der Waals surface area (Å²) in [6, 6.07) is 4.10. The van der Waals surface area contributed by atoms with Crippen LogP contribution in [0, 0.1) is 13.8 Å². The Labute approximate surface area is 110 Å². The molecule has 1 aliphatic heterocycles. The van der Waals surface area contributed by atoms with Crippen molar-refractivity contribution in [1.82, 2.24) is 10.2 Å². The molecule has 19 heavy (non-hydrogen) atoms. The number of nitrogens with one attached hydrogen (secondary N) is 1. The Morgan fingerprint density at radius 2 is 1.89 bits per heavy atom. The molecule has 1 aliphatic rings. The molecule has 0 unspecified atom stereocenters. The van der Waals surface area contributed by atoms with E-state index >= 15 is 0 Å². The van der Waals surface area contributed by atoms with Gasteiger partial charge in [0.2, 0.25) is 0 Å². The van der Waals surface area contributed by atoms with Gasteiger partial charge in [-0.3, -0.25) is 14.5 Å². The van der Waals surface area contributed by atoms with E-state index in [-0.39, 0.29) is 0 Å². The third-order valence-electron chi connectivity index (χ3n) is 3.15. The fraction of sp³-hybridized carbons (Fsp3) is 0.308. The molecule has 1 saturated heterocycles. The van der Waals surface area contributed by atoms with Crippen LogP contribution in [0.3, 0.4) is 0 Å². The predicted molar refractivity (Wildman–Crippen MR) is 66.5 cm³/mol. The zero-order valence-electron chi connectivity index (χ0n) is 10.6. The zero-order valence-corrected chi connectivity index (χ0v) is 10.6. The van der Waals surface area contributed by atoms with Gasteiger partial charge in [-0.25, -0.2) is 4.79 Å². The van der Waals surface area contributed by atoms with E-state index in [0.29, 0.717) is 0 Å². The van der Waals surface area contributed by atoms with Gasteiger partial charge < -0.3 is 10.4 Å². The number of hydrogen-bond donors (Lipinski definition) is 2. The second-order valence-electron chi connectivity index (χ2n) is 4.51. The molecule has 0 aromatic heterocycles. The summed E-state index contributed by atoms with van der Waals surface area (Å²) in [6.07, 6.45) is 0. The quantitative estimate of drug-likeness (QED) is 0.795. The lowest BCUT2D eigenvalue weighted by atomic mass is 9.96. The highest BCUT2D eigenvalue weighted by atomic mass is 16.4. The molecule has 1 atom stereocenters. The lowest BCUT2D eigenvalue weighted by Crippen LogP contribution is -2.35. The maximum absolute atomic E-state index is 12.1. The first kappa shape index (κ1) is 13.1. The molecule has 3 amide bonds. The summed E-state index contributed by atoms with van der Waals surface area (Å²) in [5.74, 6) is -1.74. The van der Waals surface area contributed by atoms with Crippen molar-refractivity contribution in [3.8, 4) is 0 Å². The zero-order chi connectivity index (χ0) is 14.2. The van der Waals surface area contributed by atoms with E-state index in [4.69, 9.17) is 5.11 Å². The van der Waals surface area contributed by atoms with E-state index in [2.05, 4.69) is 5.32 Å². The van der Waals surface area contributed by atoms with Crippen LogP contribution >= 0.6 is 0 Å². The summed E-state index contributed by atoms with van der Waals surface area (Å²) in [4.78, 5) is 35.2. The molecule has 2 rings (SSSR count). The number of amides is 3. The molecule has 0 saturated carbocycles. The maximum atomic E-state index is 12.1. The average Bonchev–Trinajstić information content (AvgIpc) is 2.57. The molecule has 0 spiro atoms. The molecule has 0 radical (unpaired) electrons. The van der Waals surface area contributed by atoms with E-state index in [9.17, 15) is 14.4 Å². The number of carboxylic acids is 1. The number of urea groups is 1. The smallest absolute Gasteiger partial charge is 0.325 e. The number of hydrogen-bond acceptors (Lipinski definition) is 3. The highest BCUT2D eigenvalue weighted by Crippen LogP contribution is 2.27.